The third kappa shape index (κ3) is 4.86. The van der Waals surface area contributed by atoms with E-state index in [1.807, 2.05) is 18.2 Å². The summed E-state index contributed by atoms with van der Waals surface area (Å²) in [5, 5.41) is 15.4. The van der Waals surface area contributed by atoms with Crippen LogP contribution in [0, 0.1) is 0 Å². The van der Waals surface area contributed by atoms with E-state index in [1.165, 1.54) is 7.11 Å². The Kier molecular flexibility index (Phi) is 6.87. The first kappa shape index (κ1) is 18.1. The van der Waals surface area contributed by atoms with Gasteiger partial charge in [0.05, 0.1) is 24.1 Å². The topological polar surface area (TPSA) is 88.0 Å². The zero-order valence-corrected chi connectivity index (χ0v) is 14.2. The van der Waals surface area contributed by atoms with Crippen LogP contribution in [0.4, 0.5) is 0 Å². The van der Waals surface area contributed by atoms with Crippen molar-refractivity contribution in [3.63, 3.8) is 0 Å². The van der Waals surface area contributed by atoms with E-state index >= 15 is 0 Å². The highest BCUT2D eigenvalue weighted by Crippen LogP contribution is 2.26. The number of methoxy groups -OCH3 is 1. The molecular weight excluding hydrogens is 328 g/mol. The number of hydrogen-bond donors (Lipinski definition) is 2. The first-order chi connectivity index (χ1) is 11.7. The molecule has 2 atom stereocenters. The number of rotatable bonds is 6. The number of thioether (sulfide) groups is 1. The zero-order chi connectivity index (χ0) is 17.4. The van der Waals surface area contributed by atoms with Gasteiger partial charge in [-0.3, -0.25) is 9.59 Å². The van der Waals surface area contributed by atoms with Crippen LogP contribution in [-0.2, 0) is 9.53 Å². The van der Waals surface area contributed by atoms with Crippen LogP contribution in [0.1, 0.15) is 23.2 Å². The lowest BCUT2D eigenvalue weighted by Crippen LogP contribution is -2.41. The van der Waals surface area contributed by atoms with Crippen LogP contribution < -0.4 is 5.32 Å². The maximum atomic E-state index is 12.2. The molecule has 1 aliphatic heterocycles. The number of carbonyl (C=O) groups is 2. The molecule has 1 aromatic rings. The summed E-state index contributed by atoms with van der Waals surface area (Å²) >= 11 is 1.58. The Bertz CT molecular complexity index is 631. The molecule has 1 heterocycles. The molecule has 128 valence electrons. The maximum Gasteiger partial charge on any atom is 0.305 e. The predicted molar refractivity (Wildman–Crippen MR) is 93.6 cm³/mol. The minimum absolute atomic E-state index is 0.117. The number of nitrogens with one attached hydrogen (secondary N) is 1. The van der Waals surface area contributed by atoms with Crippen LogP contribution in [0.3, 0.4) is 0 Å². The monoisotopic (exact) mass is 348 g/mol. The minimum Gasteiger partial charge on any atom is -0.469 e. The molecule has 2 unspecified atom stereocenters. The maximum absolute atomic E-state index is 12.2. The second-order valence-corrected chi connectivity index (χ2v) is 6.39. The molecule has 2 N–H and O–H groups in total. The molecule has 0 bridgehead atoms. The number of esters is 1. The highest BCUT2D eigenvalue weighted by atomic mass is 32.2. The summed E-state index contributed by atoms with van der Waals surface area (Å²) in [6.07, 6.45) is 4.62. The van der Waals surface area contributed by atoms with Gasteiger partial charge in [-0.25, -0.2) is 0 Å². The molecule has 1 amide bonds. The fourth-order valence-electron chi connectivity index (χ4n) is 2.32. The molecule has 0 radical (unpaired) electrons. The van der Waals surface area contributed by atoms with Crippen molar-refractivity contribution < 1.29 is 19.5 Å². The molecule has 1 fully saturated rings. The van der Waals surface area contributed by atoms with E-state index in [0.29, 0.717) is 29.9 Å². The van der Waals surface area contributed by atoms with E-state index in [1.54, 1.807) is 36.0 Å². The Hall–Kier alpha value is -2.28. The molecule has 6 nitrogen and oxygen atoms in total. The van der Waals surface area contributed by atoms with Crippen molar-refractivity contribution in [1.29, 1.82) is 0 Å². The summed E-state index contributed by atoms with van der Waals surface area (Å²) in [6.45, 7) is 0. The Morgan fingerprint density at radius 3 is 2.83 bits per heavy atom. The van der Waals surface area contributed by atoms with Gasteiger partial charge in [0, 0.05) is 17.7 Å². The zero-order valence-electron chi connectivity index (χ0n) is 13.3. The summed E-state index contributed by atoms with van der Waals surface area (Å²) in [6, 6.07) is 8.59. The third-order valence-corrected chi connectivity index (χ3v) is 4.88. The first-order valence-electron chi connectivity index (χ1n) is 7.58. The van der Waals surface area contributed by atoms with Crippen LogP contribution in [0.25, 0.3) is 0 Å². The summed E-state index contributed by atoms with van der Waals surface area (Å²) in [7, 11) is 1.36. The summed E-state index contributed by atoms with van der Waals surface area (Å²) in [5.41, 5.74) is 1.08. The van der Waals surface area contributed by atoms with Gasteiger partial charge >= 0.3 is 5.97 Å². The Balaban J connectivity index is 1.91. The average molecular weight is 348 g/mol. The Morgan fingerprint density at radius 1 is 1.42 bits per heavy atom. The smallest absolute Gasteiger partial charge is 0.305 e. The number of ether oxygens (including phenoxy) is 1. The van der Waals surface area contributed by atoms with Gasteiger partial charge in [-0.05, 0) is 18.6 Å². The van der Waals surface area contributed by atoms with Crippen molar-refractivity contribution in [3.05, 3.63) is 48.0 Å². The molecule has 0 saturated carbocycles. The molecular formula is C17H20N2O4S. The van der Waals surface area contributed by atoms with Gasteiger partial charge in [0.2, 0.25) is 0 Å². The highest BCUT2D eigenvalue weighted by molar-refractivity contribution is 8.01. The van der Waals surface area contributed by atoms with E-state index in [2.05, 4.69) is 15.2 Å². The Morgan fingerprint density at radius 2 is 2.17 bits per heavy atom. The lowest BCUT2D eigenvalue weighted by molar-refractivity contribution is -0.140. The molecule has 1 saturated heterocycles. The van der Waals surface area contributed by atoms with Crippen LogP contribution in [0.2, 0.25) is 0 Å². The van der Waals surface area contributed by atoms with Gasteiger partial charge in [0.1, 0.15) is 0 Å². The van der Waals surface area contributed by atoms with Crippen molar-refractivity contribution in [2.24, 2.45) is 5.16 Å². The summed E-state index contributed by atoms with van der Waals surface area (Å²) in [5.74, 6) is 0.171. The number of hydrogen-bond acceptors (Lipinski definition) is 6. The van der Waals surface area contributed by atoms with Gasteiger partial charge in [-0.1, -0.05) is 35.5 Å². The average Bonchev–Trinajstić information content (AvgIpc) is 3.00. The normalized spacial score (nSPS) is 22.0. The number of oxime groups is 1. The lowest BCUT2D eigenvalue weighted by atomic mass is 10.1. The van der Waals surface area contributed by atoms with Crippen LogP contribution in [0.15, 0.2) is 47.6 Å². The highest BCUT2D eigenvalue weighted by Gasteiger charge is 2.33. The van der Waals surface area contributed by atoms with E-state index in [9.17, 15) is 14.8 Å². The second-order valence-electron chi connectivity index (χ2n) is 5.21. The van der Waals surface area contributed by atoms with Crippen LogP contribution in [0.5, 0.6) is 0 Å². The molecule has 1 aromatic carbocycles. The van der Waals surface area contributed by atoms with Crippen molar-refractivity contribution in [2.45, 2.75) is 24.1 Å². The molecule has 7 heteroatoms. The van der Waals surface area contributed by atoms with E-state index in [4.69, 9.17) is 0 Å². The minimum atomic E-state index is -0.317. The Labute approximate surface area is 145 Å². The largest absolute Gasteiger partial charge is 0.469 e. The predicted octanol–water partition coefficient (Wildman–Crippen LogP) is 2.24. The van der Waals surface area contributed by atoms with E-state index < -0.39 is 0 Å². The van der Waals surface area contributed by atoms with E-state index in [0.717, 1.165) is 0 Å². The standard InChI is InChI=1S/C17H20N2O4S/c1-23-15(20)10-6-5-9-14-16(19-22)13(11-24-14)18-17(21)12-7-3-2-4-8-12/h2-5,7-9,13-14,22H,6,10-11H2,1H3,(H,18,21)/b9-5-,19-16+. The van der Waals surface area contributed by atoms with Gasteiger partial charge in [-0.2, -0.15) is 0 Å². The fourth-order valence-corrected chi connectivity index (χ4v) is 3.58. The molecule has 0 aliphatic carbocycles. The summed E-state index contributed by atoms with van der Waals surface area (Å²) < 4.78 is 4.58. The second kappa shape index (κ2) is 9.12. The van der Waals surface area contributed by atoms with Crippen molar-refractivity contribution >= 4 is 29.4 Å². The number of allylic oxidation sites excluding steroid dienone is 1. The van der Waals surface area contributed by atoms with E-state index in [-0.39, 0.29) is 23.2 Å². The lowest BCUT2D eigenvalue weighted by Gasteiger charge is -2.13. The van der Waals surface area contributed by atoms with Crippen molar-refractivity contribution in [3.8, 4) is 0 Å². The van der Waals surface area contributed by atoms with Gasteiger partial charge in [0.15, 0.2) is 0 Å². The molecule has 2 rings (SSSR count). The molecule has 24 heavy (non-hydrogen) atoms. The SMILES string of the molecule is COC(=O)CC/C=C\C1SCC(NC(=O)c2ccccc2)/C1=N\O. The van der Waals surface area contributed by atoms with Crippen LogP contribution in [-0.4, -0.2) is 46.9 Å². The number of nitrogens with zero attached hydrogens (tertiary/aromatic N) is 1. The molecule has 0 spiro atoms. The number of carbonyl (C=O) groups excluding carboxylic acids is 2. The van der Waals surface area contributed by atoms with Gasteiger partial charge in [0.25, 0.3) is 5.91 Å². The van der Waals surface area contributed by atoms with Gasteiger partial charge < -0.3 is 15.3 Å². The number of benzene rings is 1. The molecule has 0 aromatic heterocycles. The third-order valence-electron chi connectivity index (χ3n) is 3.60. The van der Waals surface area contributed by atoms with Gasteiger partial charge in [-0.15, -0.1) is 11.8 Å². The number of amides is 1. The molecule has 1 aliphatic rings. The van der Waals surface area contributed by atoms with Crippen molar-refractivity contribution in [2.75, 3.05) is 12.9 Å². The fraction of sp³-hybridized carbons (Fsp3) is 0.353. The van der Waals surface area contributed by atoms with Crippen molar-refractivity contribution in [1.82, 2.24) is 5.32 Å². The quantitative estimate of drug-likeness (QED) is 0.356. The first-order valence-corrected chi connectivity index (χ1v) is 8.63. The van der Waals surface area contributed by atoms with Crippen LogP contribution >= 0.6 is 11.8 Å². The summed E-state index contributed by atoms with van der Waals surface area (Å²) in [4.78, 5) is 23.3.